The molecule has 0 aliphatic heterocycles. The Morgan fingerprint density at radius 2 is 2.07 bits per heavy atom. The van der Waals surface area contributed by atoms with Gasteiger partial charge in [-0.05, 0) is 37.5 Å². The van der Waals surface area contributed by atoms with Gasteiger partial charge in [-0.15, -0.1) is 0 Å². The summed E-state index contributed by atoms with van der Waals surface area (Å²) in [6, 6.07) is 4.61. The molecule has 0 bridgehead atoms. The zero-order valence-electron chi connectivity index (χ0n) is 8.55. The predicted octanol–water partition coefficient (Wildman–Crippen LogP) is 2.83. The van der Waals surface area contributed by atoms with Crippen molar-refractivity contribution in [3.05, 3.63) is 22.7 Å². The van der Waals surface area contributed by atoms with Crippen LogP contribution in [0.1, 0.15) is 18.4 Å². The van der Waals surface area contributed by atoms with E-state index in [1.807, 2.05) is 12.1 Å². The molecule has 0 atom stereocenters. The summed E-state index contributed by atoms with van der Waals surface area (Å²) < 4.78 is 0. The smallest absolute Gasteiger partial charge is 0.0656 e. The first-order valence-electron chi connectivity index (χ1n) is 4.88. The average molecular weight is 211 g/mol. The summed E-state index contributed by atoms with van der Waals surface area (Å²) >= 11 is 6.00. The zero-order chi connectivity index (χ0) is 10.3. The van der Waals surface area contributed by atoms with E-state index in [-0.39, 0.29) is 0 Å². The van der Waals surface area contributed by atoms with Crippen LogP contribution in [0.2, 0.25) is 5.02 Å². The van der Waals surface area contributed by atoms with Gasteiger partial charge in [0.25, 0.3) is 0 Å². The number of benzene rings is 1. The first-order valence-corrected chi connectivity index (χ1v) is 5.26. The van der Waals surface area contributed by atoms with Gasteiger partial charge >= 0.3 is 0 Å². The molecule has 1 aromatic carbocycles. The second-order valence-corrected chi connectivity index (χ2v) is 4.41. The number of nitrogen functional groups attached to an aromatic ring is 1. The van der Waals surface area contributed by atoms with Crippen molar-refractivity contribution in [1.82, 2.24) is 0 Å². The van der Waals surface area contributed by atoms with E-state index in [9.17, 15) is 0 Å². The number of halogens is 1. The number of anilines is 2. The van der Waals surface area contributed by atoms with Crippen LogP contribution in [-0.2, 0) is 0 Å². The fraction of sp³-hybridized carbons (Fsp3) is 0.455. The standard InChI is InChI=1S/C11H15ClN2/c1-7-5-10(13)9(12)6-11(7)14(2)8-3-4-8/h5-6,8H,3-4,13H2,1-2H3. The third-order valence-corrected chi connectivity index (χ3v) is 3.12. The lowest BCUT2D eigenvalue weighted by Gasteiger charge is -2.21. The summed E-state index contributed by atoms with van der Waals surface area (Å²) in [5, 5.41) is 0.651. The van der Waals surface area contributed by atoms with Gasteiger partial charge in [0.05, 0.1) is 10.7 Å². The van der Waals surface area contributed by atoms with Gasteiger partial charge in [-0.1, -0.05) is 11.6 Å². The molecular formula is C11H15ClN2. The van der Waals surface area contributed by atoms with E-state index in [4.69, 9.17) is 17.3 Å². The summed E-state index contributed by atoms with van der Waals surface area (Å²) in [4.78, 5) is 2.29. The van der Waals surface area contributed by atoms with Crippen LogP contribution in [0.3, 0.4) is 0 Å². The van der Waals surface area contributed by atoms with Crippen molar-refractivity contribution in [2.75, 3.05) is 17.7 Å². The van der Waals surface area contributed by atoms with Gasteiger partial charge in [0.2, 0.25) is 0 Å². The van der Waals surface area contributed by atoms with Crippen LogP contribution in [0.15, 0.2) is 12.1 Å². The molecule has 1 saturated carbocycles. The van der Waals surface area contributed by atoms with Gasteiger partial charge in [0.15, 0.2) is 0 Å². The second-order valence-electron chi connectivity index (χ2n) is 4.00. The summed E-state index contributed by atoms with van der Waals surface area (Å²) in [5.41, 5.74) is 8.79. The van der Waals surface area contributed by atoms with E-state index in [0.29, 0.717) is 16.8 Å². The molecule has 1 aromatic rings. The van der Waals surface area contributed by atoms with Gasteiger partial charge < -0.3 is 10.6 Å². The zero-order valence-corrected chi connectivity index (χ0v) is 9.30. The Labute approximate surface area is 89.7 Å². The Balaban J connectivity index is 2.36. The Morgan fingerprint density at radius 1 is 1.43 bits per heavy atom. The van der Waals surface area contributed by atoms with E-state index >= 15 is 0 Å². The summed E-state index contributed by atoms with van der Waals surface area (Å²) in [5.74, 6) is 0. The largest absolute Gasteiger partial charge is 0.398 e. The lowest BCUT2D eigenvalue weighted by atomic mass is 10.1. The van der Waals surface area contributed by atoms with Crippen LogP contribution in [0.25, 0.3) is 0 Å². The highest BCUT2D eigenvalue weighted by atomic mass is 35.5. The second kappa shape index (κ2) is 3.35. The molecule has 0 saturated heterocycles. The highest BCUT2D eigenvalue weighted by Crippen LogP contribution is 2.35. The number of hydrogen-bond acceptors (Lipinski definition) is 2. The fourth-order valence-corrected chi connectivity index (χ4v) is 1.89. The van der Waals surface area contributed by atoms with Crippen LogP contribution in [0, 0.1) is 6.92 Å². The molecule has 0 spiro atoms. The summed E-state index contributed by atoms with van der Waals surface area (Å²) in [6.45, 7) is 2.07. The van der Waals surface area contributed by atoms with Gasteiger partial charge in [-0.25, -0.2) is 0 Å². The minimum atomic E-state index is 0.651. The minimum absolute atomic E-state index is 0.651. The Kier molecular flexibility index (Phi) is 2.31. The Hall–Kier alpha value is -0.890. The van der Waals surface area contributed by atoms with Crippen molar-refractivity contribution in [3.63, 3.8) is 0 Å². The lowest BCUT2D eigenvalue weighted by molar-refractivity contribution is 0.912. The molecule has 1 fully saturated rings. The molecule has 14 heavy (non-hydrogen) atoms. The number of aryl methyl sites for hydroxylation is 1. The first-order chi connectivity index (χ1) is 6.59. The number of rotatable bonds is 2. The molecule has 2 rings (SSSR count). The van der Waals surface area contributed by atoms with Gasteiger partial charge in [0.1, 0.15) is 0 Å². The quantitative estimate of drug-likeness (QED) is 0.761. The van der Waals surface area contributed by atoms with Crippen LogP contribution in [0.4, 0.5) is 11.4 Å². The van der Waals surface area contributed by atoms with Crippen molar-refractivity contribution in [2.24, 2.45) is 0 Å². The molecule has 0 radical (unpaired) electrons. The summed E-state index contributed by atoms with van der Waals surface area (Å²) in [7, 11) is 2.12. The highest BCUT2D eigenvalue weighted by molar-refractivity contribution is 6.33. The molecule has 0 aromatic heterocycles. The Bertz CT molecular complexity index is 359. The maximum absolute atomic E-state index is 6.00. The maximum Gasteiger partial charge on any atom is 0.0656 e. The van der Waals surface area contributed by atoms with Crippen LogP contribution >= 0.6 is 11.6 Å². The molecule has 0 heterocycles. The van der Waals surface area contributed by atoms with Crippen LogP contribution in [0.5, 0.6) is 0 Å². The summed E-state index contributed by atoms with van der Waals surface area (Å²) in [6.07, 6.45) is 2.58. The average Bonchev–Trinajstić information content (AvgIpc) is 2.93. The van der Waals surface area contributed by atoms with E-state index in [1.165, 1.54) is 24.1 Å². The van der Waals surface area contributed by atoms with Gasteiger partial charge in [-0.3, -0.25) is 0 Å². The normalized spacial score (nSPS) is 15.6. The molecule has 76 valence electrons. The molecule has 2 nitrogen and oxygen atoms in total. The van der Waals surface area contributed by atoms with Gasteiger partial charge in [-0.2, -0.15) is 0 Å². The molecule has 1 aliphatic carbocycles. The topological polar surface area (TPSA) is 29.3 Å². The van der Waals surface area contributed by atoms with E-state index in [0.717, 1.165) is 0 Å². The number of hydrogen-bond donors (Lipinski definition) is 1. The van der Waals surface area contributed by atoms with Crippen molar-refractivity contribution in [1.29, 1.82) is 0 Å². The monoisotopic (exact) mass is 210 g/mol. The first kappa shape index (κ1) is 9.66. The molecule has 3 heteroatoms. The third-order valence-electron chi connectivity index (χ3n) is 2.79. The fourth-order valence-electron chi connectivity index (χ4n) is 1.73. The molecule has 0 unspecified atom stereocenters. The molecular weight excluding hydrogens is 196 g/mol. The van der Waals surface area contributed by atoms with Crippen LogP contribution < -0.4 is 10.6 Å². The predicted molar refractivity (Wildman–Crippen MR) is 62.0 cm³/mol. The van der Waals surface area contributed by atoms with E-state index in [2.05, 4.69) is 18.9 Å². The third kappa shape index (κ3) is 1.67. The van der Waals surface area contributed by atoms with Crippen molar-refractivity contribution >= 4 is 23.0 Å². The molecule has 1 aliphatic rings. The minimum Gasteiger partial charge on any atom is -0.398 e. The number of nitrogens with two attached hydrogens (primary N) is 1. The lowest BCUT2D eigenvalue weighted by Crippen LogP contribution is -2.20. The van der Waals surface area contributed by atoms with Crippen molar-refractivity contribution < 1.29 is 0 Å². The molecule has 2 N–H and O–H groups in total. The number of nitrogens with zero attached hydrogens (tertiary/aromatic N) is 1. The van der Waals surface area contributed by atoms with E-state index in [1.54, 1.807) is 0 Å². The maximum atomic E-state index is 6.00. The molecule has 0 amide bonds. The van der Waals surface area contributed by atoms with Gasteiger partial charge in [0, 0.05) is 18.8 Å². The van der Waals surface area contributed by atoms with Crippen molar-refractivity contribution in [3.8, 4) is 0 Å². The SMILES string of the molecule is Cc1cc(N)c(Cl)cc1N(C)C1CC1. The van der Waals surface area contributed by atoms with Crippen molar-refractivity contribution in [2.45, 2.75) is 25.8 Å². The van der Waals surface area contributed by atoms with Crippen LogP contribution in [-0.4, -0.2) is 13.1 Å². The highest BCUT2D eigenvalue weighted by Gasteiger charge is 2.27. The Morgan fingerprint density at radius 3 is 2.64 bits per heavy atom. The van der Waals surface area contributed by atoms with E-state index < -0.39 is 0 Å².